The lowest BCUT2D eigenvalue weighted by molar-refractivity contribution is -0.116. The summed E-state index contributed by atoms with van der Waals surface area (Å²) in [7, 11) is 0. The van der Waals surface area contributed by atoms with Crippen LogP contribution < -0.4 is 16.0 Å². The fraction of sp³-hybridized carbons (Fsp3) is 0.192. The van der Waals surface area contributed by atoms with Crippen molar-refractivity contribution < 1.29 is 9.59 Å². The highest BCUT2D eigenvalue weighted by Crippen LogP contribution is 2.47. The van der Waals surface area contributed by atoms with Crippen molar-refractivity contribution in [3.8, 4) is 6.07 Å². The number of Topliss-reactive ketones (excluding diaryl/α,β-unsaturated/α-hetero) is 1. The summed E-state index contributed by atoms with van der Waals surface area (Å²) < 4.78 is 0.575. The third-order valence-electron chi connectivity index (χ3n) is 6.07. The average Bonchev–Trinajstić information content (AvgIpc) is 3.36. The molecule has 3 aromatic rings. The first-order valence-corrected chi connectivity index (χ1v) is 13.7. The van der Waals surface area contributed by atoms with Gasteiger partial charge in [0.2, 0.25) is 11.0 Å². The van der Waals surface area contributed by atoms with Crippen LogP contribution in [0.15, 0.2) is 81.6 Å². The predicted molar refractivity (Wildman–Crippen MR) is 145 cm³/mol. The first-order valence-electron chi connectivity index (χ1n) is 11.5. The molecule has 0 radical (unpaired) electrons. The monoisotopic (exact) mass is 548 g/mol. The van der Waals surface area contributed by atoms with E-state index in [1.807, 2.05) is 36.4 Å². The number of hydrogen-bond donors (Lipinski definition) is 2. The number of benzene rings is 2. The predicted octanol–water partition coefficient (Wildman–Crippen LogP) is 5.23. The summed E-state index contributed by atoms with van der Waals surface area (Å²) in [5.41, 5.74) is 9.58. The number of thioether (sulfide) groups is 1. The Morgan fingerprint density at radius 3 is 2.78 bits per heavy atom. The molecule has 11 heteroatoms. The van der Waals surface area contributed by atoms with E-state index in [1.165, 1.54) is 23.1 Å². The Balaban J connectivity index is 1.44. The van der Waals surface area contributed by atoms with Crippen LogP contribution in [0.1, 0.15) is 30.7 Å². The molecule has 1 unspecified atom stereocenters. The van der Waals surface area contributed by atoms with Crippen LogP contribution >= 0.6 is 34.7 Å². The van der Waals surface area contributed by atoms with Gasteiger partial charge in [0.1, 0.15) is 5.82 Å². The topological polar surface area (TPSA) is 125 Å². The molecule has 0 saturated heterocycles. The first-order chi connectivity index (χ1) is 18.0. The molecule has 2 heterocycles. The Hall–Kier alpha value is -3.65. The summed E-state index contributed by atoms with van der Waals surface area (Å²) in [4.78, 5) is 27.2. The van der Waals surface area contributed by atoms with Gasteiger partial charge in [0.05, 0.1) is 23.3 Å². The smallest absolute Gasteiger partial charge is 0.234 e. The average molecular weight is 549 g/mol. The SMILES string of the molecule is N#CC1=C(N)N(c2nnc(SCC(=O)Nc3ccccc3)s2)C2=C(C(=O)CCC2)C1c1cccc(Cl)c1. The summed E-state index contributed by atoms with van der Waals surface area (Å²) in [6.07, 6.45) is 1.68. The maximum Gasteiger partial charge on any atom is 0.234 e. The molecule has 8 nitrogen and oxygen atoms in total. The van der Waals surface area contributed by atoms with E-state index in [2.05, 4.69) is 21.6 Å². The van der Waals surface area contributed by atoms with Gasteiger partial charge >= 0.3 is 0 Å². The molecule has 1 atom stereocenters. The number of hydrogen-bond acceptors (Lipinski definition) is 9. The van der Waals surface area contributed by atoms with Crippen molar-refractivity contribution in [2.24, 2.45) is 5.73 Å². The Kier molecular flexibility index (Phi) is 7.28. The number of nitrogens with zero attached hydrogens (tertiary/aromatic N) is 4. The van der Waals surface area contributed by atoms with Crippen LogP contribution in [0.3, 0.4) is 0 Å². The molecule has 3 N–H and O–H groups in total. The number of nitrogens with one attached hydrogen (secondary N) is 1. The van der Waals surface area contributed by atoms with E-state index in [0.29, 0.717) is 39.3 Å². The number of carbonyl (C=O) groups excluding carboxylic acids is 2. The highest BCUT2D eigenvalue weighted by Gasteiger charge is 2.41. The minimum absolute atomic E-state index is 0.0202. The van der Waals surface area contributed by atoms with Gasteiger partial charge in [-0.05, 0) is 42.7 Å². The molecule has 37 heavy (non-hydrogen) atoms. The minimum Gasteiger partial charge on any atom is -0.384 e. The van der Waals surface area contributed by atoms with Crippen molar-refractivity contribution in [2.75, 3.05) is 16.0 Å². The van der Waals surface area contributed by atoms with Gasteiger partial charge in [0.15, 0.2) is 10.1 Å². The van der Waals surface area contributed by atoms with Crippen LogP contribution in [0.2, 0.25) is 5.02 Å². The molecule has 0 fully saturated rings. The number of aromatic nitrogens is 2. The fourth-order valence-electron chi connectivity index (χ4n) is 4.52. The summed E-state index contributed by atoms with van der Waals surface area (Å²) in [5.74, 6) is -0.402. The number of ketones is 1. The summed E-state index contributed by atoms with van der Waals surface area (Å²) in [6.45, 7) is 0. The van der Waals surface area contributed by atoms with Crippen molar-refractivity contribution in [2.45, 2.75) is 29.5 Å². The second-order valence-corrected chi connectivity index (χ2v) is 11.0. The van der Waals surface area contributed by atoms with Gasteiger partial charge in [-0.3, -0.25) is 14.5 Å². The third kappa shape index (κ3) is 5.11. The molecule has 1 amide bonds. The molecule has 0 spiro atoms. The third-order valence-corrected chi connectivity index (χ3v) is 8.34. The van der Waals surface area contributed by atoms with Gasteiger partial charge in [-0.2, -0.15) is 5.26 Å². The van der Waals surface area contributed by atoms with Crippen LogP contribution in [0, 0.1) is 11.3 Å². The Bertz CT molecular complexity index is 1480. The largest absolute Gasteiger partial charge is 0.384 e. The van der Waals surface area contributed by atoms with Gasteiger partial charge in [0, 0.05) is 28.4 Å². The Labute approximate surface area is 226 Å². The minimum atomic E-state index is -0.591. The molecule has 186 valence electrons. The summed E-state index contributed by atoms with van der Waals surface area (Å²) in [6, 6.07) is 18.6. The lowest BCUT2D eigenvalue weighted by atomic mass is 9.76. The Morgan fingerprint density at radius 1 is 1.22 bits per heavy atom. The summed E-state index contributed by atoms with van der Waals surface area (Å²) >= 11 is 8.75. The highest BCUT2D eigenvalue weighted by molar-refractivity contribution is 8.01. The van der Waals surface area contributed by atoms with Crippen LogP contribution in [0.5, 0.6) is 0 Å². The number of nitriles is 1. The molecular weight excluding hydrogens is 528 g/mol. The number of amides is 1. The van der Waals surface area contributed by atoms with E-state index in [9.17, 15) is 14.9 Å². The number of rotatable bonds is 6. The number of halogens is 1. The van der Waals surface area contributed by atoms with E-state index in [1.54, 1.807) is 23.1 Å². The van der Waals surface area contributed by atoms with E-state index in [0.717, 1.165) is 16.9 Å². The van der Waals surface area contributed by atoms with Crippen LogP contribution in [0.4, 0.5) is 10.8 Å². The van der Waals surface area contributed by atoms with Gasteiger partial charge in [-0.15, -0.1) is 10.2 Å². The van der Waals surface area contributed by atoms with Crippen LogP contribution in [0.25, 0.3) is 0 Å². The quantitative estimate of drug-likeness (QED) is 0.401. The second kappa shape index (κ2) is 10.8. The molecule has 0 saturated carbocycles. The number of anilines is 2. The standard InChI is InChI=1S/C26H21ClN6O2S2/c27-16-7-4-6-15(12-16)22-18(13-28)24(29)33(19-10-5-11-20(34)23(19)22)25-31-32-26(37-25)36-14-21(35)30-17-8-2-1-3-9-17/h1-4,6-9,12,22H,5,10-11,14,29H2,(H,30,35). The van der Waals surface area contributed by atoms with E-state index >= 15 is 0 Å². The van der Waals surface area contributed by atoms with Crippen molar-refractivity contribution in [3.05, 3.63) is 87.8 Å². The van der Waals surface area contributed by atoms with Gasteiger partial charge in [0.25, 0.3) is 0 Å². The zero-order chi connectivity index (χ0) is 25.9. The van der Waals surface area contributed by atoms with Crippen molar-refractivity contribution in [1.29, 1.82) is 5.26 Å². The van der Waals surface area contributed by atoms with E-state index in [4.69, 9.17) is 17.3 Å². The second-order valence-electron chi connectivity index (χ2n) is 8.42. The van der Waals surface area contributed by atoms with Crippen molar-refractivity contribution in [1.82, 2.24) is 10.2 Å². The van der Waals surface area contributed by atoms with Gasteiger partial charge in [-0.25, -0.2) is 0 Å². The lowest BCUT2D eigenvalue weighted by Crippen LogP contribution is -2.38. The fourth-order valence-corrected chi connectivity index (χ4v) is 6.40. The molecular formula is C26H21ClN6O2S2. The van der Waals surface area contributed by atoms with E-state index < -0.39 is 5.92 Å². The zero-order valence-corrected chi connectivity index (χ0v) is 21.9. The number of carbonyl (C=O) groups is 2. The highest BCUT2D eigenvalue weighted by atomic mass is 35.5. The normalized spacial score (nSPS) is 17.5. The molecule has 2 aromatic carbocycles. The van der Waals surface area contributed by atoms with Gasteiger partial charge in [-0.1, -0.05) is 65.0 Å². The van der Waals surface area contributed by atoms with E-state index in [-0.39, 0.29) is 28.8 Å². The lowest BCUT2D eigenvalue weighted by Gasteiger charge is -2.38. The van der Waals surface area contributed by atoms with Crippen LogP contribution in [-0.2, 0) is 9.59 Å². The zero-order valence-electron chi connectivity index (χ0n) is 19.5. The summed E-state index contributed by atoms with van der Waals surface area (Å²) in [5, 5.41) is 22.4. The maximum absolute atomic E-state index is 13.2. The van der Waals surface area contributed by atoms with Crippen molar-refractivity contribution in [3.63, 3.8) is 0 Å². The molecule has 2 aliphatic rings. The Morgan fingerprint density at radius 2 is 2.03 bits per heavy atom. The molecule has 1 aliphatic carbocycles. The first kappa shape index (κ1) is 25.0. The molecule has 5 rings (SSSR count). The molecule has 1 aromatic heterocycles. The maximum atomic E-state index is 13.2. The van der Waals surface area contributed by atoms with Crippen LogP contribution in [-0.4, -0.2) is 27.6 Å². The van der Waals surface area contributed by atoms with Gasteiger partial charge < -0.3 is 11.1 Å². The number of para-hydroxylation sites is 1. The van der Waals surface area contributed by atoms with Crippen molar-refractivity contribution >= 4 is 57.2 Å². The number of nitrogens with two attached hydrogens (primary N) is 1. The molecule has 1 aliphatic heterocycles. The molecule has 0 bridgehead atoms. The number of allylic oxidation sites excluding steroid dienone is 3.